The van der Waals surface area contributed by atoms with E-state index in [-0.39, 0.29) is 12.0 Å². The maximum atomic E-state index is 12.7. The Morgan fingerprint density at radius 3 is 2.58 bits per heavy atom. The number of likely N-dealkylation sites (N-methyl/N-ethyl adjacent to an activating group) is 1. The van der Waals surface area contributed by atoms with Crippen LogP contribution in [0.2, 0.25) is 0 Å². The number of nitrogens with two attached hydrogens (primary N) is 1. The summed E-state index contributed by atoms with van der Waals surface area (Å²) in [6.45, 7) is 1.86. The highest BCUT2D eigenvalue weighted by Crippen LogP contribution is 2.31. The Bertz CT molecular complexity index is 346. The molecule has 0 radical (unpaired) electrons. The van der Waals surface area contributed by atoms with E-state index in [9.17, 15) is 4.79 Å². The average molecular weight is 265 g/mol. The number of nitrogens with zero attached hydrogens (tertiary/aromatic N) is 2. The SMILES string of the molecule is CN1C2CCC1CN(C(=O)C1CCCCC1N)CC2. The summed E-state index contributed by atoms with van der Waals surface area (Å²) < 4.78 is 0. The molecule has 2 saturated heterocycles. The number of rotatable bonds is 1. The van der Waals surface area contributed by atoms with Gasteiger partial charge in [0.25, 0.3) is 0 Å². The molecular weight excluding hydrogens is 238 g/mol. The zero-order chi connectivity index (χ0) is 13.4. The van der Waals surface area contributed by atoms with Gasteiger partial charge in [-0.05, 0) is 39.2 Å². The van der Waals surface area contributed by atoms with Crippen LogP contribution in [0, 0.1) is 5.92 Å². The monoisotopic (exact) mass is 265 g/mol. The van der Waals surface area contributed by atoms with Crippen molar-refractivity contribution in [3.05, 3.63) is 0 Å². The van der Waals surface area contributed by atoms with Crippen molar-refractivity contribution in [2.75, 3.05) is 20.1 Å². The maximum Gasteiger partial charge on any atom is 0.227 e. The van der Waals surface area contributed by atoms with E-state index < -0.39 is 0 Å². The van der Waals surface area contributed by atoms with Crippen LogP contribution < -0.4 is 5.73 Å². The summed E-state index contributed by atoms with van der Waals surface area (Å²) in [6, 6.07) is 1.37. The van der Waals surface area contributed by atoms with E-state index in [1.54, 1.807) is 0 Å². The van der Waals surface area contributed by atoms with Gasteiger partial charge in [-0.1, -0.05) is 12.8 Å². The van der Waals surface area contributed by atoms with E-state index in [1.165, 1.54) is 25.7 Å². The van der Waals surface area contributed by atoms with Crippen molar-refractivity contribution >= 4 is 5.91 Å². The van der Waals surface area contributed by atoms with Crippen LogP contribution in [0.5, 0.6) is 0 Å². The molecule has 0 aromatic rings. The lowest BCUT2D eigenvalue weighted by Crippen LogP contribution is -2.48. The molecule has 4 unspecified atom stereocenters. The Balaban J connectivity index is 1.66. The highest BCUT2D eigenvalue weighted by atomic mass is 16.2. The Hall–Kier alpha value is -0.610. The minimum atomic E-state index is 0.0932. The van der Waals surface area contributed by atoms with Crippen LogP contribution in [0.1, 0.15) is 44.9 Å². The molecule has 3 fully saturated rings. The van der Waals surface area contributed by atoms with E-state index in [0.29, 0.717) is 18.0 Å². The second kappa shape index (κ2) is 5.41. The number of carbonyl (C=O) groups is 1. The molecule has 0 aromatic carbocycles. The fraction of sp³-hybridized carbons (Fsp3) is 0.933. The van der Waals surface area contributed by atoms with Gasteiger partial charge in [-0.3, -0.25) is 9.69 Å². The molecule has 1 aliphatic carbocycles. The summed E-state index contributed by atoms with van der Waals surface area (Å²) in [4.78, 5) is 17.3. The van der Waals surface area contributed by atoms with Gasteiger partial charge >= 0.3 is 0 Å². The van der Waals surface area contributed by atoms with Gasteiger partial charge in [0.1, 0.15) is 0 Å². The Morgan fingerprint density at radius 2 is 1.79 bits per heavy atom. The number of likely N-dealkylation sites (tertiary alicyclic amines) is 1. The smallest absolute Gasteiger partial charge is 0.227 e. The van der Waals surface area contributed by atoms with Crippen LogP contribution in [-0.4, -0.2) is 54.0 Å². The summed E-state index contributed by atoms with van der Waals surface area (Å²) in [5.41, 5.74) is 6.17. The van der Waals surface area contributed by atoms with Gasteiger partial charge in [0.15, 0.2) is 0 Å². The molecule has 0 spiro atoms. The molecule has 2 N–H and O–H groups in total. The third kappa shape index (κ3) is 2.52. The lowest BCUT2D eigenvalue weighted by molar-refractivity contribution is -0.137. The van der Waals surface area contributed by atoms with E-state index in [2.05, 4.69) is 16.8 Å². The first-order valence-corrected chi connectivity index (χ1v) is 7.93. The number of hydrogen-bond acceptors (Lipinski definition) is 3. The first kappa shape index (κ1) is 13.4. The molecule has 19 heavy (non-hydrogen) atoms. The molecule has 0 aromatic heterocycles. The van der Waals surface area contributed by atoms with Gasteiger partial charge in [0.05, 0.1) is 5.92 Å². The molecule has 4 nitrogen and oxygen atoms in total. The van der Waals surface area contributed by atoms with E-state index in [4.69, 9.17) is 5.73 Å². The fourth-order valence-electron chi connectivity index (χ4n) is 4.21. The predicted octanol–water partition coefficient (Wildman–Crippen LogP) is 1.20. The molecule has 108 valence electrons. The largest absolute Gasteiger partial charge is 0.341 e. The third-order valence-corrected chi connectivity index (χ3v) is 5.60. The van der Waals surface area contributed by atoms with Crippen LogP contribution in [0.4, 0.5) is 0 Å². The highest BCUT2D eigenvalue weighted by Gasteiger charge is 2.38. The molecule has 1 saturated carbocycles. The van der Waals surface area contributed by atoms with Crippen molar-refractivity contribution in [3.63, 3.8) is 0 Å². The van der Waals surface area contributed by atoms with Crippen LogP contribution in [0.3, 0.4) is 0 Å². The summed E-state index contributed by atoms with van der Waals surface area (Å²) >= 11 is 0. The summed E-state index contributed by atoms with van der Waals surface area (Å²) in [5.74, 6) is 0.434. The van der Waals surface area contributed by atoms with Crippen molar-refractivity contribution in [1.82, 2.24) is 9.80 Å². The molecule has 4 heteroatoms. The molecule has 4 atom stereocenters. The van der Waals surface area contributed by atoms with Crippen molar-refractivity contribution in [2.24, 2.45) is 11.7 Å². The van der Waals surface area contributed by atoms with E-state index >= 15 is 0 Å². The normalized spacial score (nSPS) is 40.2. The first-order chi connectivity index (χ1) is 9.16. The molecule has 2 bridgehead atoms. The average Bonchev–Trinajstić information content (AvgIpc) is 2.63. The highest BCUT2D eigenvalue weighted by molar-refractivity contribution is 5.79. The Kier molecular flexibility index (Phi) is 3.81. The van der Waals surface area contributed by atoms with Gasteiger partial charge in [-0.2, -0.15) is 0 Å². The standard InChI is InChI=1S/C15H27N3O/c1-17-11-6-7-12(17)10-18(9-8-11)15(19)13-4-2-3-5-14(13)16/h11-14H,2-10,16H2,1H3. The zero-order valence-electron chi connectivity index (χ0n) is 12.1. The lowest BCUT2D eigenvalue weighted by Gasteiger charge is -2.34. The van der Waals surface area contributed by atoms with Gasteiger partial charge in [-0.25, -0.2) is 0 Å². The predicted molar refractivity (Wildman–Crippen MR) is 75.7 cm³/mol. The van der Waals surface area contributed by atoms with Crippen LogP contribution >= 0.6 is 0 Å². The molecule has 1 amide bonds. The first-order valence-electron chi connectivity index (χ1n) is 7.93. The molecular formula is C15H27N3O. The van der Waals surface area contributed by atoms with Gasteiger partial charge in [0.2, 0.25) is 5.91 Å². The van der Waals surface area contributed by atoms with Crippen molar-refractivity contribution < 1.29 is 4.79 Å². The Morgan fingerprint density at radius 1 is 1.05 bits per heavy atom. The second-order valence-corrected chi connectivity index (χ2v) is 6.68. The summed E-state index contributed by atoms with van der Waals surface area (Å²) in [7, 11) is 2.22. The van der Waals surface area contributed by atoms with Crippen LogP contribution in [-0.2, 0) is 4.79 Å². The van der Waals surface area contributed by atoms with Crippen molar-refractivity contribution in [1.29, 1.82) is 0 Å². The zero-order valence-corrected chi connectivity index (χ0v) is 12.1. The van der Waals surface area contributed by atoms with Gasteiger partial charge in [0, 0.05) is 31.2 Å². The maximum absolute atomic E-state index is 12.7. The van der Waals surface area contributed by atoms with Crippen molar-refractivity contribution in [3.8, 4) is 0 Å². The molecule has 2 aliphatic heterocycles. The summed E-state index contributed by atoms with van der Waals surface area (Å²) in [6.07, 6.45) is 8.09. The van der Waals surface area contributed by atoms with Gasteiger partial charge < -0.3 is 10.6 Å². The quantitative estimate of drug-likeness (QED) is 0.775. The molecule has 3 aliphatic rings. The van der Waals surface area contributed by atoms with Gasteiger partial charge in [-0.15, -0.1) is 0 Å². The number of hydrogen-bond donors (Lipinski definition) is 1. The van der Waals surface area contributed by atoms with Crippen LogP contribution in [0.25, 0.3) is 0 Å². The van der Waals surface area contributed by atoms with E-state index in [0.717, 1.165) is 32.4 Å². The second-order valence-electron chi connectivity index (χ2n) is 6.68. The fourth-order valence-corrected chi connectivity index (χ4v) is 4.21. The minimum Gasteiger partial charge on any atom is -0.341 e. The molecule has 2 heterocycles. The number of amides is 1. The number of carbonyl (C=O) groups excluding carboxylic acids is 1. The van der Waals surface area contributed by atoms with Crippen molar-refractivity contribution in [2.45, 2.75) is 63.1 Å². The summed E-state index contributed by atoms with van der Waals surface area (Å²) in [5, 5.41) is 0. The topological polar surface area (TPSA) is 49.6 Å². The molecule has 3 rings (SSSR count). The number of fused-ring (bicyclic) bond motifs is 2. The third-order valence-electron chi connectivity index (χ3n) is 5.60. The van der Waals surface area contributed by atoms with E-state index in [1.807, 2.05) is 0 Å². The lowest BCUT2D eigenvalue weighted by atomic mass is 9.84. The minimum absolute atomic E-state index is 0.0932. The van der Waals surface area contributed by atoms with Crippen LogP contribution in [0.15, 0.2) is 0 Å². The Labute approximate surface area is 116 Å².